The first-order valence-electron chi connectivity index (χ1n) is 4.14. The molecule has 0 heterocycles. The van der Waals surface area contributed by atoms with Gasteiger partial charge in [0.15, 0.2) is 0 Å². The van der Waals surface area contributed by atoms with E-state index in [1.54, 1.807) is 0 Å². The predicted molar refractivity (Wildman–Crippen MR) is 46.9 cm³/mol. The fourth-order valence-electron chi connectivity index (χ4n) is 0.860. The summed E-state index contributed by atoms with van der Waals surface area (Å²) in [5, 5.41) is 0. The van der Waals surface area contributed by atoms with E-state index < -0.39 is 0 Å². The summed E-state index contributed by atoms with van der Waals surface area (Å²) < 4.78 is 0. The van der Waals surface area contributed by atoms with E-state index in [2.05, 4.69) is 32.7 Å². The maximum absolute atomic E-state index is 3.81. The van der Waals surface area contributed by atoms with Crippen molar-refractivity contribution in [1.29, 1.82) is 0 Å². The SMILES string of the molecule is [CH2]CCN(C)CCC(C)C. The van der Waals surface area contributed by atoms with E-state index in [0.717, 1.165) is 18.9 Å². The third-order valence-electron chi connectivity index (χ3n) is 1.63. The molecule has 0 rings (SSSR count). The predicted octanol–water partition coefficient (Wildman–Crippen LogP) is 2.19. The largest absolute Gasteiger partial charge is 0.306 e. The van der Waals surface area contributed by atoms with Crippen molar-refractivity contribution in [3.8, 4) is 0 Å². The van der Waals surface area contributed by atoms with Gasteiger partial charge < -0.3 is 4.90 Å². The van der Waals surface area contributed by atoms with Gasteiger partial charge in [-0.25, -0.2) is 0 Å². The summed E-state index contributed by atoms with van der Waals surface area (Å²) in [5.74, 6) is 0.826. The van der Waals surface area contributed by atoms with Crippen molar-refractivity contribution in [3.63, 3.8) is 0 Å². The summed E-state index contributed by atoms with van der Waals surface area (Å²) in [4.78, 5) is 2.34. The van der Waals surface area contributed by atoms with Crippen LogP contribution in [0.15, 0.2) is 0 Å². The van der Waals surface area contributed by atoms with Crippen LogP contribution < -0.4 is 0 Å². The molecule has 0 aliphatic rings. The second-order valence-corrected chi connectivity index (χ2v) is 3.34. The third kappa shape index (κ3) is 6.09. The van der Waals surface area contributed by atoms with Gasteiger partial charge in [0.2, 0.25) is 0 Å². The van der Waals surface area contributed by atoms with Gasteiger partial charge in [0.05, 0.1) is 0 Å². The molecular formula is C9H20N. The van der Waals surface area contributed by atoms with E-state index in [1.165, 1.54) is 13.0 Å². The fourth-order valence-corrected chi connectivity index (χ4v) is 0.860. The summed E-state index contributed by atoms with van der Waals surface area (Å²) in [6.45, 7) is 10.7. The lowest BCUT2D eigenvalue weighted by molar-refractivity contribution is 0.315. The fraction of sp³-hybridized carbons (Fsp3) is 0.889. The Morgan fingerprint density at radius 1 is 1.30 bits per heavy atom. The second kappa shape index (κ2) is 5.72. The van der Waals surface area contributed by atoms with Gasteiger partial charge >= 0.3 is 0 Å². The topological polar surface area (TPSA) is 3.24 Å². The zero-order chi connectivity index (χ0) is 7.98. The molecule has 1 nitrogen and oxygen atoms in total. The Bertz CT molecular complexity index is 69.1. The molecule has 0 atom stereocenters. The summed E-state index contributed by atoms with van der Waals surface area (Å²) >= 11 is 0. The van der Waals surface area contributed by atoms with Crippen LogP contribution >= 0.6 is 0 Å². The molecule has 0 bridgehead atoms. The van der Waals surface area contributed by atoms with Gasteiger partial charge in [-0.05, 0) is 38.9 Å². The maximum atomic E-state index is 3.81. The minimum atomic E-state index is 0.826. The van der Waals surface area contributed by atoms with E-state index in [-0.39, 0.29) is 0 Å². The Hall–Kier alpha value is -0.0400. The highest BCUT2D eigenvalue weighted by molar-refractivity contribution is 4.54. The van der Waals surface area contributed by atoms with Crippen LogP contribution in [-0.4, -0.2) is 25.0 Å². The molecule has 0 spiro atoms. The maximum Gasteiger partial charge on any atom is -0.00194 e. The molecule has 0 saturated carbocycles. The normalized spacial score (nSPS) is 11.4. The van der Waals surface area contributed by atoms with Crippen molar-refractivity contribution in [2.75, 3.05) is 20.1 Å². The van der Waals surface area contributed by atoms with Crippen LogP contribution in [-0.2, 0) is 0 Å². The highest BCUT2D eigenvalue weighted by Gasteiger charge is 1.97. The van der Waals surface area contributed by atoms with E-state index in [9.17, 15) is 0 Å². The number of hydrogen-bond acceptors (Lipinski definition) is 1. The number of hydrogen-bond donors (Lipinski definition) is 0. The molecule has 1 heteroatoms. The van der Waals surface area contributed by atoms with Gasteiger partial charge in [-0.15, -0.1) is 0 Å². The molecular weight excluding hydrogens is 122 g/mol. The minimum Gasteiger partial charge on any atom is -0.306 e. The molecule has 0 amide bonds. The molecule has 1 radical (unpaired) electrons. The Morgan fingerprint density at radius 3 is 2.30 bits per heavy atom. The van der Waals surface area contributed by atoms with Crippen LogP contribution in [0.5, 0.6) is 0 Å². The van der Waals surface area contributed by atoms with Gasteiger partial charge in [0.1, 0.15) is 0 Å². The highest BCUT2D eigenvalue weighted by atomic mass is 15.1. The highest BCUT2D eigenvalue weighted by Crippen LogP contribution is 2.00. The van der Waals surface area contributed by atoms with Crippen LogP contribution in [0.2, 0.25) is 0 Å². The van der Waals surface area contributed by atoms with Gasteiger partial charge in [0.25, 0.3) is 0 Å². The van der Waals surface area contributed by atoms with Crippen molar-refractivity contribution in [2.24, 2.45) is 5.92 Å². The third-order valence-corrected chi connectivity index (χ3v) is 1.63. The van der Waals surface area contributed by atoms with Gasteiger partial charge in [-0.3, -0.25) is 0 Å². The average molecular weight is 142 g/mol. The molecule has 0 N–H and O–H groups in total. The van der Waals surface area contributed by atoms with Crippen LogP contribution in [0, 0.1) is 12.8 Å². The molecule has 0 saturated heterocycles. The molecule has 0 aromatic heterocycles. The standard InChI is InChI=1S/C9H20N/c1-5-7-10(4)8-6-9(2)3/h9H,1,5-8H2,2-4H3. The molecule has 0 fully saturated rings. The smallest absolute Gasteiger partial charge is 0.00194 e. The van der Waals surface area contributed by atoms with Crippen molar-refractivity contribution in [2.45, 2.75) is 26.7 Å². The van der Waals surface area contributed by atoms with Crippen LogP contribution in [0.3, 0.4) is 0 Å². The lowest BCUT2D eigenvalue weighted by Gasteiger charge is -2.16. The average Bonchev–Trinajstić information content (AvgIpc) is 1.85. The molecule has 0 aromatic carbocycles. The Labute approximate surface area is 65.4 Å². The zero-order valence-corrected chi connectivity index (χ0v) is 7.56. The van der Waals surface area contributed by atoms with E-state index in [0.29, 0.717) is 0 Å². The Kier molecular flexibility index (Phi) is 5.70. The first-order chi connectivity index (χ1) is 4.66. The van der Waals surface area contributed by atoms with E-state index >= 15 is 0 Å². The van der Waals surface area contributed by atoms with E-state index in [4.69, 9.17) is 0 Å². The lowest BCUT2D eigenvalue weighted by atomic mass is 10.1. The second-order valence-electron chi connectivity index (χ2n) is 3.34. The summed E-state index contributed by atoms with van der Waals surface area (Å²) in [6.07, 6.45) is 2.32. The Morgan fingerprint density at radius 2 is 1.90 bits per heavy atom. The van der Waals surface area contributed by atoms with Gasteiger partial charge in [0, 0.05) is 0 Å². The van der Waals surface area contributed by atoms with E-state index in [1.807, 2.05) is 0 Å². The molecule has 0 aliphatic carbocycles. The van der Waals surface area contributed by atoms with Crippen molar-refractivity contribution in [1.82, 2.24) is 4.90 Å². The molecule has 61 valence electrons. The van der Waals surface area contributed by atoms with Crippen molar-refractivity contribution < 1.29 is 0 Å². The van der Waals surface area contributed by atoms with Crippen LogP contribution in [0.1, 0.15) is 26.7 Å². The lowest BCUT2D eigenvalue weighted by Crippen LogP contribution is -2.21. The molecule has 0 aliphatic heterocycles. The monoisotopic (exact) mass is 142 g/mol. The van der Waals surface area contributed by atoms with Gasteiger partial charge in [-0.1, -0.05) is 20.8 Å². The first kappa shape index (κ1) is 9.96. The first-order valence-corrected chi connectivity index (χ1v) is 4.14. The summed E-state index contributed by atoms with van der Waals surface area (Å²) in [7, 11) is 2.16. The quantitative estimate of drug-likeness (QED) is 0.568. The summed E-state index contributed by atoms with van der Waals surface area (Å²) in [5.41, 5.74) is 0. The van der Waals surface area contributed by atoms with Crippen molar-refractivity contribution in [3.05, 3.63) is 6.92 Å². The minimum absolute atomic E-state index is 0.826. The number of nitrogens with zero attached hydrogens (tertiary/aromatic N) is 1. The molecule has 0 aromatic rings. The zero-order valence-electron chi connectivity index (χ0n) is 7.56. The van der Waals surface area contributed by atoms with Crippen LogP contribution in [0.25, 0.3) is 0 Å². The Balaban J connectivity index is 3.12. The van der Waals surface area contributed by atoms with Gasteiger partial charge in [-0.2, -0.15) is 0 Å². The molecule has 0 unspecified atom stereocenters. The summed E-state index contributed by atoms with van der Waals surface area (Å²) in [6, 6.07) is 0. The van der Waals surface area contributed by atoms with Crippen molar-refractivity contribution >= 4 is 0 Å². The molecule has 10 heavy (non-hydrogen) atoms. The number of rotatable bonds is 5. The van der Waals surface area contributed by atoms with Crippen LogP contribution in [0.4, 0.5) is 0 Å².